The van der Waals surface area contributed by atoms with Crippen LogP contribution in [0.25, 0.3) is 11.3 Å². The predicted octanol–water partition coefficient (Wildman–Crippen LogP) is 2.51. The lowest BCUT2D eigenvalue weighted by Crippen LogP contribution is -2.26. The van der Waals surface area contributed by atoms with E-state index in [1.165, 1.54) is 5.56 Å². The maximum absolute atomic E-state index is 11.5. The molecular formula is C17H22N2O3. The first-order valence-electron chi connectivity index (χ1n) is 7.52. The number of rotatable bonds is 7. The van der Waals surface area contributed by atoms with Crippen molar-refractivity contribution in [1.82, 2.24) is 10.3 Å². The molecule has 1 amide bonds. The monoisotopic (exact) mass is 302 g/mol. The summed E-state index contributed by atoms with van der Waals surface area (Å²) in [5, 5.41) is 11.2. The van der Waals surface area contributed by atoms with Crippen LogP contribution in [0.15, 0.2) is 34.9 Å². The summed E-state index contributed by atoms with van der Waals surface area (Å²) in [5.74, 6) is 1.63. The summed E-state index contributed by atoms with van der Waals surface area (Å²) in [7, 11) is 0. The second-order valence-corrected chi connectivity index (χ2v) is 5.47. The normalized spacial score (nSPS) is 10.9. The molecule has 0 aliphatic rings. The Morgan fingerprint density at radius 3 is 2.68 bits per heavy atom. The summed E-state index contributed by atoms with van der Waals surface area (Å²) in [6, 6.07) is 8.22. The van der Waals surface area contributed by atoms with Gasteiger partial charge in [-0.2, -0.15) is 0 Å². The van der Waals surface area contributed by atoms with Gasteiger partial charge in [-0.15, -0.1) is 0 Å². The molecule has 1 aromatic heterocycles. The number of nitrogens with zero attached hydrogens (tertiary/aromatic N) is 1. The molecule has 22 heavy (non-hydrogen) atoms. The molecule has 0 saturated heterocycles. The summed E-state index contributed by atoms with van der Waals surface area (Å²) in [6.07, 6.45) is 2.43. The Labute approximate surface area is 130 Å². The number of oxazole rings is 1. The molecule has 5 nitrogen and oxygen atoms in total. The van der Waals surface area contributed by atoms with Crippen LogP contribution in [0, 0.1) is 0 Å². The van der Waals surface area contributed by atoms with Crippen LogP contribution in [0.1, 0.15) is 37.6 Å². The van der Waals surface area contributed by atoms with Crippen molar-refractivity contribution in [2.24, 2.45) is 0 Å². The molecule has 0 radical (unpaired) electrons. The van der Waals surface area contributed by atoms with E-state index in [0.29, 0.717) is 30.4 Å². The van der Waals surface area contributed by atoms with Crippen molar-refractivity contribution >= 4 is 5.91 Å². The van der Waals surface area contributed by atoms with Gasteiger partial charge < -0.3 is 14.8 Å². The number of aliphatic hydroxyl groups is 1. The molecule has 0 aliphatic carbocycles. The number of aryl methyl sites for hydroxylation is 1. The zero-order valence-corrected chi connectivity index (χ0v) is 13.0. The van der Waals surface area contributed by atoms with Crippen molar-refractivity contribution in [2.75, 3.05) is 13.2 Å². The van der Waals surface area contributed by atoms with E-state index in [4.69, 9.17) is 9.52 Å². The summed E-state index contributed by atoms with van der Waals surface area (Å²) >= 11 is 0. The third kappa shape index (κ3) is 4.43. The summed E-state index contributed by atoms with van der Waals surface area (Å²) in [5.41, 5.74) is 2.26. The number of hydrogen-bond acceptors (Lipinski definition) is 4. The molecule has 1 heterocycles. The van der Waals surface area contributed by atoms with Gasteiger partial charge in [-0.1, -0.05) is 38.1 Å². The number of nitrogens with one attached hydrogen (secondary N) is 1. The highest BCUT2D eigenvalue weighted by atomic mass is 16.4. The van der Waals surface area contributed by atoms with Crippen molar-refractivity contribution in [3.05, 3.63) is 41.9 Å². The highest BCUT2D eigenvalue weighted by Gasteiger charge is 2.09. The number of hydrogen-bond donors (Lipinski definition) is 2. The molecule has 5 heteroatoms. The van der Waals surface area contributed by atoms with Gasteiger partial charge in [0.05, 0.1) is 12.8 Å². The standard InChI is InChI=1S/C17H22N2O3/c1-12(2)13-3-5-14(6-4-13)15-11-19-17(22-15)8-7-16(21)18-9-10-20/h3-6,11-12,20H,7-10H2,1-2H3,(H,18,21). The average molecular weight is 302 g/mol. The minimum absolute atomic E-state index is 0.0543. The second kappa shape index (κ2) is 7.75. The topological polar surface area (TPSA) is 75.4 Å². The zero-order valence-electron chi connectivity index (χ0n) is 13.0. The van der Waals surface area contributed by atoms with Crippen LogP contribution < -0.4 is 5.32 Å². The largest absolute Gasteiger partial charge is 0.441 e. The molecule has 0 atom stereocenters. The Morgan fingerprint density at radius 1 is 1.32 bits per heavy atom. The Morgan fingerprint density at radius 2 is 2.05 bits per heavy atom. The third-order valence-electron chi connectivity index (χ3n) is 3.42. The fourth-order valence-corrected chi connectivity index (χ4v) is 2.10. The maximum atomic E-state index is 11.5. The lowest BCUT2D eigenvalue weighted by molar-refractivity contribution is -0.121. The van der Waals surface area contributed by atoms with Crippen molar-refractivity contribution in [2.45, 2.75) is 32.6 Å². The Balaban J connectivity index is 1.94. The average Bonchev–Trinajstić information content (AvgIpc) is 3.00. The number of aliphatic hydroxyl groups excluding tert-OH is 1. The molecule has 0 unspecified atom stereocenters. The summed E-state index contributed by atoms with van der Waals surface area (Å²) in [4.78, 5) is 15.7. The van der Waals surface area contributed by atoms with E-state index in [2.05, 4.69) is 36.3 Å². The van der Waals surface area contributed by atoms with Crippen LogP contribution in [0.3, 0.4) is 0 Å². The Kier molecular flexibility index (Phi) is 5.72. The zero-order chi connectivity index (χ0) is 15.9. The van der Waals surface area contributed by atoms with Crippen LogP contribution in [-0.2, 0) is 11.2 Å². The van der Waals surface area contributed by atoms with E-state index in [9.17, 15) is 4.79 Å². The van der Waals surface area contributed by atoms with Crippen molar-refractivity contribution in [1.29, 1.82) is 0 Å². The number of benzene rings is 1. The summed E-state index contributed by atoms with van der Waals surface area (Å²) in [6.45, 7) is 4.53. The van der Waals surface area contributed by atoms with Gasteiger partial charge in [-0.25, -0.2) is 4.98 Å². The van der Waals surface area contributed by atoms with Crippen LogP contribution in [0.5, 0.6) is 0 Å². The maximum Gasteiger partial charge on any atom is 0.220 e. The lowest BCUT2D eigenvalue weighted by Gasteiger charge is -2.05. The van der Waals surface area contributed by atoms with E-state index in [1.54, 1.807) is 6.20 Å². The van der Waals surface area contributed by atoms with Gasteiger partial charge in [0.25, 0.3) is 0 Å². The number of carbonyl (C=O) groups excluding carboxylic acids is 1. The molecule has 0 fully saturated rings. The predicted molar refractivity (Wildman–Crippen MR) is 84.4 cm³/mol. The fraction of sp³-hybridized carbons (Fsp3) is 0.412. The SMILES string of the molecule is CC(C)c1ccc(-c2cnc(CCC(=O)NCCO)o2)cc1. The van der Waals surface area contributed by atoms with Crippen molar-refractivity contribution in [3.8, 4) is 11.3 Å². The quantitative estimate of drug-likeness (QED) is 0.824. The van der Waals surface area contributed by atoms with E-state index < -0.39 is 0 Å². The number of aromatic nitrogens is 1. The lowest BCUT2D eigenvalue weighted by atomic mass is 10.0. The Bertz CT molecular complexity index is 603. The third-order valence-corrected chi connectivity index (χ3v) is 3.42. The van der Waals surface area contributed by atoms with Gasteiger partial charge in [0, 0.05) is 24.9 Å². The number of amides is 1. The first-order chi connectivity index (χ1) is 10.6. The van der Waals surface area contributed by atoms with Crippen LogP contribution in [-0.4, -0.2) is 29.1 Å². The molecule has 0 aliphatic heterocycles. The van der Waals surface area contributed by atoms with Gasteiger partial charge in [0.1, 0.15) is 0 Å². The number of carbonyl (C=O) groups is 1. The molecule has 2 N–H and O–H groups in total. The molecule has 0 bridgehead atoms. The van der Waals surface area contributed by atoms with Gasteiger partial charge in [-0.3, -0.25) is 4.79 Å². The molecule has 0 saturated carbocycles. The first kappa shape index (κ1) is 16.2. The van der Waals surface area contributed by atoms with Crippen LogP contribution >= 0.6 is 0 Å². The van der Waals surface area contributed by atoms with E-state index in [0.717, 1.165) is 5.56 Å². The van der Waals surface area contributed by atoms with E-state index in [-0.39, 0.29) is 19.1 Å². The van der Waals surface area contributed by atoms with Gasteiger partial charge in [-0.05, 0) is 11.5 Å². The van der Waals surface area contributed by atoms with Crippen molar-refractivity contribution < 1.29 is 14.3 Å². The molecule has 0 spiro atoms. The minimum atomic E-state index is -0.116. The van der Waals surface area contributed by atoms with E-state index in [1.807, 2.05) is 12.1 Å². The molecule has 2 rings (SSSR count). The van der Waals surface area contributed by atoms with Crippen LogP contribution in [0.2, 0.25) is 0 Å². The van der Waals surface area contributed by atoms with Gasteiger partial charge in [0.2, 0.25) is 5.91 Å². The smallest absolute Gasteiger partial charge is 0.220 e. The molecule has 1 aromatic carbocycles. The second-order valence-electron chi connectivity index (χ2n) is 5.47. The highest BCUT2D eigenvalue weighted by Crippen LogP contribution is 2.23. The fourth-order valence-electron chi connectivity index (χ4n) is 2.10. The van der Waals surface area contributed by atoms with Gasteiger partial charge >= 0.3 is 0 Å². The molecule has 118 valence electrons. The molecule has 2 aromatic rings. The Hall–Kier alpha value is -2.14. The summed E-state index contributed by atoms with van der Waals surface area (Å²) < 4.78 is 5.68. The van der Waals surface area contributed by atoms with Crippen molar-refractivity contribution in [3.63, 3.8) is 0 Å². The first-order valence-corrected chi connectivity index (χ1v) is 7.52. The van der Waals surface area contributed by atoms with Gasteiger partial charge in [0.15, 0.2) is 11.7 Å². The van der Waals surface area contributed by atoms with E-state index >= 15 is 0 Å². The van der Waals surface area contributed by atoms with Crippen LogP contribution in [0.4, 0.5) is 0 Å². The highest BCUT2D eigenvalue weighted by molar-refractivity contribution is 5.76. The molecular weight excluding hydrogens is 280 g/mol. The minimum Gasteiger partial charge on any atom is -0.441 e.